The highest BCUT2D eigenvalue weighted by atomic mass is 19.4. The van der Waals surface area contributed by atoms with Crippen LogP contribution in [0.15, 0.2) is 48.5 Å². The van der Waals surface area contributed by atoms with Crippen LogP contribution in [0.25, 0.3) is 0 Å². The van der Waals surface area contributed by atoms with Crippen molar-refractivity contribution in [2.75, 3.05) is 13.2 Å². The molecule has 1 atom stereocenters. The van der Waals surface area contributed by atoms with Crippen LogP contribution in [0, 0.1) is 0 Å². The van der Waals surface area contributed by atoms with Crippen molar-refractivity contribution in [3.63, 3.8) is 0 Å². The van der Waals surface area contributed by atoms with Crippen molar-refractivity contribution < 1.29 is 32.5 Å². The summed E-state index contributed by atoms with van der Waals surface area (Å²) in [5.74, 6) is -0.263. The van der Waals surface area contributed by atoms with Crippen molar-refractivity contribution in [1.82, 2.24) is 0 Å². The van der Waals surface area contributed by atoms with Gasteiger partial charge < -0.3 is 14.6 Å². The highest BCUT2D eigenvalue weighted by Gasteiger charge is 2.30. The van der Waals surface area contributed by atoms with Crippen LogP contribution in [0.3, 0.4) is 0 Å². The van der Waals surface area contributed by atoms with Crippen LogP contribution in [-0.4, -0.2) is 24.3 Å². The van der Waals surface area contributed by atoms with E-state index in [0.717, 1.165) is 17.7 Å². The number of rotatable bonds is 8. The first-order chi connectivity index (χ1) is 12.3. The van der Waals surface area contributed by atoms with Crippen molar-refractivity contribution >= 4 is 5.97 Å². The molecule has 1 N–H and O–H groups in total. The maximum Gasteiger partial charge on any atom is 0.416 e. The number of aliphatic carboxylic acids is 1. The second kappa shape index (κ2) is 8.60. The Morgan fingerprint density at radius 2 is 1.65 bits per heavy atom. The third-order valence-electron chi connectivity index (χ3n) is 3.71. The molecule has 0 heterocycles. The molecule has 7 heteroatoms. The smallest absolute Gasteiger partial charge is 0.416 e. The zero-order valence-electron chi connectivity index (χ0n) is 14.1. The van der Waals surface area contributed by atoms with Crippen molar-refractivity contribution in [2.24, 2.45) is 0 Å². The van der Waals surface area contributed by atoms with Gasteiger partial charge in [-0.3, -0.25) is 4.79 Å². The Kier molecular flexibility index (Phi) is 6.49. The van der Waals surface area contributed by atoms with Gasteiger partial charge in [0.2, 0.25) is 0 Å². The third-order valence-corrected chi connectivity index (χ3v) is 3.71. The van der Waals surface area contributed by atoms with Crippen molar-refractivity contribution in [3.05, 3.63) is 59.7 Å². The molecule has 1 unspecified atom stereocenters. The number of ether oxygens (including phenoxy) is 2. The monoisotopic (exact) mass is 368 g/mol. The lowest BCUT2D eigenvalue weighted by molar-refractivity contribution is -0.138. The van der Waals surface area contributed by atoms with E-state index in [1.807, 2.05) is 6.92 Å². The summed E-state index contributed by atoms with van der Waals surface area (Å²) in [5, 5.41) is 8.80. The summed E-state index contributed by atoms with van der Waals surface area (Å²) < 4.78 is 48.6. The Hall–Kier alpha value is -2.70. The number of carboxylic acids is 1. The maximum atomic E-state index is 12.6. The maximum absolute atomic E-state index is 12.6. The highest BCUT2D eigenvalue weighted by Crippen LogP contribution is 2.31. The fourth-order valence-electron chi connectivity index (χ4n) is 2.35. The summed E-state index contributed by atoms with van der Waals surface area (Å²) in [5.41, 5.74) is 0.127. The van der Waals surface area contributed by atoms with Crippen LogP contribution >= 0.6 is 0 Å². The van der Waals surface area contributed by atoms with Crippen LogP contribution in [0.2, 0.25) is 0 Å². The molecule has 2 rings (SSSR count). The van der Waals surface area contributed by atoms with Gasteiger partial charge in [0, 0.05) is 0 Å². The molecule has 0 radical (unpaired) electrons. The van der Waals surface area contributed by atoms with Gasteiger partial charge in [0.15, 0.2) is 0 Å². The van der Waals surface area contributed by atoms with Crippen molar-refractivity contribution in [3.8, 4) is 11.5 Å². The Bertz CT molecular complexity index is 726. The van der Waals surface area contributed by atoms with E-state index in [4.69, 9.17) is 14.6 Å². The van der Waals surface area contributed by atoms with Gasteiger partial charge in [0.1, 0.15) is 24.7 Å². The average molecular weight is 368 g/mol. The SMILES string of the molecule is CC(CC(=O)O)c1ccc(OCCOc2cccc(C(F)(F)F)c2)cc1. The molecule has 2 aromatic carbocycles. The van der Waals surface area contributed by atoms with Crippen LogP contribution in [0.1, 0.15) is 30.4 Å². The minimum atomic E-state index is -4.41. The number of halogens is 3. The minimum Gasteiger partial charge on any atom is -0.490 e. The van der Waals surface area contributed by atoms with Gasteiger partial charge in [-0.25, -0.2) is 0 Å². The molecular formula is C19H19F3O4. The quantitative estimate of drug-likeness (QED) is 0.684. The summed E-state index contributed by atoms with van der Waals surface area (Å²) in [7, 11) is 0. The fourth-order valence-corrected chi connectivity index (χ4v) is 2.35. The summed E-state index contributed by atoms with van der Waals surface area (Å²) in [4.78, 5) is 10.7. The molecule has 140 valence electrons. The molecular weight excluding hydrogens is 349 g/mol. The standard InChI is InChI=1S/C19H19F3O4/c1-13(11-18(23)24)14-5-7-16(8-6-14)25-9-10-26-17-4-2-3-15(12-17)19(20,21)22/h2-8,12-13H,9-11H2,1H3,(H,23,24). The second-order valence-electron chi connectivity index (χ2n) is 5.79. The van der Waals surface area contributed by atoms with E-state index in [9.17, 15) is 18.0 Å². The van der Waals surface area contributed by atoms with Crippen molar-refractivity contribution in [2.45, 2.75) is 25.4 Å². The van der Waals surface area contributed by atoms with E-state index in [-0.39, 0.29) is 31.3 Å². The lowest BCUT2D eigenvalue weighted by atomic mass is 9.98. The molecule has 26 heavy (non-hydrogen) atoms. The molecule has 2 aromatic rings. The van der Waals surface area contributed by atoms with E-state index in [1.165, 1.54) is 12.1 Å². The second-order valence-corrected chi connectivity index (χ2v) is 5.79. The average Bonchev–Trinajstić information content (AvgIpc) is 2.58. The molecule has 0 amide bonds. The summed E-state index contributed by atoms with van der Waals surface area (Å²) >= 11 is 0. The third kappa shape index (κ3) is 5.98. The molecule has 0 aromatic heterocycles. The number of benzene rings is 2. The molecule has 0 aliphatic heterocycles. The molecule has 0 fully saturated rings. The number of alkyl halides is 3. The van der Waals surface area contributed by atoms with Crippen LogP contribution in [0.4, 0.5) is 13.2 Å². The lowest BCUT2D eigenvalue weighted by Gasteiger charge is -2.12. The highest BCUT2D eigenvalue weighted by molar-refractivity contribution is 5.67. The molecule has 4 nitrogen and oxygen atoms in total. The first-order valence-corrected chi connectivity index (χ1v) is 8.00. The molecule has 0 aliphatic carbocycles. The first-order valence-electron chi connectivity index (χ1n) is 8.00. The molecule has 0 bridgehead atoms. The van der Waals surface area contributed by atoms with E-state index in [1.54, 1.807) is 24.3 Å². The topological polar surface area (TPSA) is 55.8 Å². The Morgan fingerprint density at radius 3 is 2.23 bits per heavy atom. The summed E-state index contributed by atoms with van der Waals surface area (Å²) in [6.07, 6.45) is -4.36. The summed E-state index contributed by atoms with van der Waals surface area (Å²) in [6.45, 7) is 2.09. The Labute approximate surface area is 149 Å². The lowest BCUT2D eigenvalue weighted by Crippen LogP contribution is -2.10. The number of carboxylic acid groups (broad SMARTS) is 1. The van der Waals surface area contributed by atoms with Gasteiger partial charge in [-0.2, -0.15) is 13.2 Å². The predicted molar refractivity (Wildman–Crippen MR) is 89.5 cm³/mol. The predicted octanol–water partition coefficient (Wildman–Crippen LogP) is 4.74. The van der Waals surface area contributed by atoms with Gasteiger partial charge in [-0.05, 0) is 41.8 Å². The molecule has 0 spiro atoms. The van der Waals surface area contributed by atoms with Gasteiger partial charge >= 0.3 is 12.1 Å². The number of carbonyl (C=O) groups is 1. The van der Waals surface area contributed by atoms with E-state index < -0.39 is 17.7 Å². The van der Waals surface area contributed by atoms with Gasteiger partial charge in [-0.15, -0.1) is 0 Å². The van der Waals surface area contributed by atoms with Crippen molar-refractivity contribution in [1.29, 1.82) is 0 Å². The van der Waals surface area contributed by atoms with Gasteiger partial charge in [0.05, 0.1) is 12.0 Å². The first kappa shape index (κ1) is 19.6. The molecule has 0 saturated carbocycles. The largest absolute Gasteiger partial charge is 0.490 e. The van der Waals surface area contributed by atoms with E-state index in [0.29, 0.717) is 5.75 Å². The van der Waals surface area contributed by atoms with E-state index in [2.05, 4.69) is 0 Å². The Morgan fingerprint density at radius 1 is 1.04 bits per heavy atom. The minimum absolute atomic E-state index is 0.0467. The van der Waals surface area contributed by atoms with Gasteiger partial charge in [0.25, 0.3) is 0 Å². The van der Waals surface area contributed by atoms with E-state index >= 15 is 0 Å². The zero-order chi connectivity index (χ0) is 19.2. The van der Waals surface area contributed by atoms with Crippen LogP contribution in [-0.2, 0) is 11.0 Å². The summed E-state index contributed by atoms with van der Waals surface area (Å²) in [6, 6.07) is 11.7. The fraction of sp³-hybridized carbons (Fsp3) is 0.316. The normalized spacial score (nSPS) is 12.5. The molecule has 0 saturated heterocycles. The molecule has 0 aliphatic rings. The Balaban J connectivity index is 1.80. The van der Waals surface area contributed by atoms with Crippen LogP contribution < -0.4 is 9.47 Å². The number of hydrogen-bond acceptors (Lipinski definition) is 3. The number of hydrogen-bond donors (Lipinski definition) is 1. The zero-order valence-corrected chi connectivity index (χ0v) is 14.1. The van der Waals surface area contributed by atoms with Gasteiger partial charge in [-0.1, -0.05) is 25.1 Å². The van der Waals surface area contributed by atoms with Crippen LogP contribution in [0.5, 0.6) is 11.5 Å².